The van der Waals surface area contributed by atoms with Gasteiger partial charge in [0.05, 0.1) is 19.8 Å². The van der Waals surface area contributed by atoms with Crippen molar-refractivity contribution in [2.75, 3.05) is 26.3 Å². The van der Waals surface area contributed by atoms with Crippen molar-refractivity contribution in [1.82, 2.24) is 20.4 Å². The van der Waals surface area contributed by atoms with Crippen molar-refractivity contribution >= 4 is 5.96 Å². The molecule has 0 radical (unpaired) electrons. The minimum absolute atomic E-state index is 0.588. The second kappa shape index (κ2) is 9.70. The molecule has 2 N–H and O–H groups in total. The van der Waals surface area contributed by atoms with E-state index in [2.05, 4.69) is 27.6 Å². The minimum Gasteiger partial charge on any atom is -0.490 e. The van der Waals surface area contributed by atoms with Crippen LogP contribution in [-0.4, -0.2) is 42.0 Å². The number of nitrogens with one attached hydrogen (secondary N) is 2. The van der Waals surface area contributed by atoms with Crippen molar-refractivity contribution in [3.05, 3.63) is 42.2 Å². The predicted octanol–water partition coefficient (Wildman–Crippen LogP) is 2.19. The summed E-state index contributed by atoms with van der Waals surface area (Å²) in [6, 6.07) is 7.97. The molecular formula is C19H27N5O2. The number of rotatable bonds is 7. The van der Waals surface area contributed by atoms with Crippen LogP contribution in [0.1, 0.15) is 25.3 Å². The molecular weight excluding hydrogens is 330 g/mol. The summed E-state index contributed by atoms with van der Waals surface area (Å²) in [5, 5.41) is 10.9. The molecule has 0 saturated heterocycles. The molecule has 0 saturated carbocycles. The Hall–Kier alpha value is -2.70. The summed E-state index contributed by atoms with van der Waals surface area (Å²) in [7, 11) is 0. The Labute approximate surface area is 154 Å². The normalized spacial score (nSPS) is 14.0. The van der Waals surface area contributed by atoms with Gasteiger partial charge in [-0.05, 0) is 37.1 Å². The van der Waals surface area contributed by atoms with Crippen LogP contribution in [0.2, 0.25) is 0 Å². The van der Waals surface area contributed by atoms with E-state index in [0.29, 0.717) is 19.8 Å². The summed E-state index contributed by atoms with van der Waals surface area (Å²) in [4.78, 5) is 4.67. The molecule has 1 aliphatic heterocycles. The molecule has 0 fully saturated rings. The number of ether oxygens (including phenoxy) is 2. The molecule has 7 nitrogen and oxygen atoms in total. The number of fused-ring (bicyclic) bond motifs is 1. The molecule has 1 aromatic heterocycles. The summed E-state index contributed by atoms with van der Waals surface area (Å²) in [5.74, 6) is 2.45. The van der Waals surface area contributed by atoms with Gasteiger partial charge < -0.3 is 20.1 Å². The van der Waals surface area contributed by atoms with Crippen LogP contribution < -0.4 is 20.1 Å². The Bertz CT molecular complexity index is 700. The van der Waals surface area contributed by atoms with Crippen LogP contribution in [0.3, 0.4) is 0 Å². The van der Waals surface area contributed by atoms with Crippen molar-refractivity contribution in [2.45, 2.75) is 32.9 Å². The summed E-state index contributed by atoms with van der Waals surface area (Å²) < 4.78 is 13.4. The smallest absolute Gasteiger partial charge is 0.191 e. The lowest BCUT2D eigenvalue weighted by Gasteiger charge is -2.12. The largest absolute Gasteiger partial charge is 0.490 e. The Morgan fingerprint density at radius 1 is 1.23 bits per heavy atom. The topological polar surface area (TPSA) is 72.7 Å². The van der Waals surface area contributed by atoms with Crippen LogP contribution in [0.15, 0.2) is 41.7 Å². The number of aliphatic imine (C=N–C) groups is 1. The average molecular weight is 357 g/mol. The number of hydrogen-bond acceptors (Lipinski definition) is 4. The monoisotopic (exact) mass is 357 g/mol. The van der Waals surface area contributed by atoms with Gasteiger partial charge in [0.15, 0.2) is 17.5 Å². The molecule has 0 aliphatic carbocycles. The van der Waals surface area contributed by atoms with Gasteiger partial charge in [-0.25, -0.2) is 4.99 Å². The van der Waals surface area contributed by atoms with Gasteiger partial charge in [0.25, 0.3) is 0 Å². The Kier molecular flexibility index (Phi) is 6.75. The lowest BCUT2D eigenvalue weighted by molar-refractivity contribution is 0.297. The van der Waals surface area contributed by atoms with Gasteiger partial charge in [0.2, 0.25) is 0 Å². The molecule has 0 bridgehead atoms. The number of benzene rings is 1. The third-order valence-corrected chi connectivity index (χ3v) is 3.99. The van der Waals surface area contributed by atoms with Crippen molar-refractivity contribution in [3.63, 3.8) is 0 Å². The first kappa shape index (κ1) is 18.1. The van der Waals surface area contributed by atoms with E-state index >= 15 is 0 Å². The van der Waals surface area contributed by atoms with E-state index in [0.717, 1.165) is 55.5 Å². The fourth-order valence-electron chi connectivity index (χ4n) is 2.70. The lowest BCUT2D eigenvalue weighted by atomic mass is 10.2. The van der Waals surface area contributed by atoms with E-state index < -0.39 is 0 Å². The summed E-state index contributed by atoms with van der Waals surface area (Å²) in [6.07, 6.45) is 5.67. The van der Waals surface area contributed by atoms with Crippen LogP contribution in [0.25, 0.3) is 0 Å². The number of hydrogen-bond donors (Lipinski definition) is 2. The Balaban J connectivity index is 1.52. The summed E-state index contributed by atoms with van der Waals surface area (Å²) in [6.45, 7) is 6.61. The highest BCUT2D eigenvalue weighted by Gasteiger charge is 2.10. The predicted molar refractivity (Wildman–Crippen MR) is 102 cm³/mol. The van der Waals surface area contributed by atoms with Crippen LogP contribution in [0.5, 0.6) is 11.5 Å². The molecule has 2 heterocycles. The van der Waals surface area contributed by atoms with Crippen molar-refractivity contribution in [1.29, 1.82) is 0 Å². The van der Waals surface area contributed by atoms with Crippen LogP contribution in [-0.2, 0) is 13.1 Å². The van der Waals surface area contributed by atoms with E-state index in [1.54, 1.807) is 6.20 Å². The Morgan fingerprint density at radius 3 is 2.92 bits per heavy atom. The molecule has 0 unspecified atom stereocenters. The van der Waals surface area contributed by atoms with E-state index in [1.807, 2.05) is 35.1 Å². The maximum Gasteiger partial charge on any atom is 0.191 e. The quantitative estimate of drug-likeness (QED) is 0.451. The molecule has 0 amide bonds. The zero-order valence-electron chi connectivity index (χ0n) is 15.3. The highest BCUT2D eigenvalue weighted by atomic mass is 16.5. The maximum atomic E-state index is 5.75. The molecule has 7 heteroatoms. The molecule has 140 valence electrons. The Morgan fingerprint density at radius 2 is 2.12 bits per heavy atom. The SMILES string of the molecule is CCNC(=NCc1ccc2c(c1)OCCCO2)NCCCn1cccn1. The number of aryl methyl sites for hydroxylation is 1. The number of guanidine groups is 1. The highest BCUT2D eigenvalue weighted by Crippen LogP contribution is 2.30. The molecule has 0 spiro atoms. The number of aromatic nitrogens is 2. The second-order valence-electron chi connectivity index (χ2n) is 6.08. The van der Waals surface area contributed by atoms with Gasteiger partial charge in [-0.1, -0.05) is 6.07 Å². The second-order valence-corrected chi connectivity index (χ2v) is 6.08. The van der Waals surface area contributed by atoms with Gasteiger partial charge in [0.1, 0.15) is 0 Å². The summed E-state index contributed by atoms with van der Waals surface area (Å²) in [5.41, 5.74) is 1.10. The van der Waals surface area contributed by atoms with Crippen LogP contribution >= 0.6 is 0 Å². The van der Waals surface area contributed by atoms with Crippen molar-refractivity contribution in [2.24, 2.45) is 4.99 Å². The third kappa shape index (κ3) is 5.40. The van der Waals surface area contributed by atoms with E-state index in [-0.39, 0.29) is 0 Å². The van der Waals surface area contributed by atoms with Crippen LogP contribution in [0, 0.1) is 0 Å². The van der Waals surface area contributed by atoms with Crippen molar-refractivity contribution < 1.29 is 9.47 Å². The van der Waals surface area contributed by atoms with Gasteiger partial charge in [-0.15, -0.1) is 0 Å². The first-order chi connectivity index (χ1) is 12.8. The fourth-order valence-corrected chi connectivity index (χ4v) is 2.70. The highest BCUT2D eigenvalue weighted by molar-refractivity contribution is 5.79. The summed E-state index contributed by atoms with van der Waals surface area (Å²) >= 11 is 0. The van der Waals surface area contributed by atoms with Gasteiger partial charge in [-0.2, -0.15) is 5.10 Å². The molecule has 3 rings (SSSR count). The zero-order valence-corrected chi connectivity index (χ0v) is 15.3. The fraction of sp³-hybridized carbons (Fsp3) is 0.474. The van der Waals surface area contributed by atoms with Gasteiger partial charge in [-0.3, -0.25) is 4.68 Å². The van der Waals surface area contributed by atoms with Gasteiger partial charge >= 0.3 is 0 Å². The number of nitrogens with zero attached hydrogens (tertiary/aromatic N) is 3. The lowest BCUT2D eigenvalue weighted by Crippen LogP contribution is -2.38. The third-order valence-electron chi connectivity index (χ3n) is 3.99. The van der Waals surface area contributed by atoms with Gasteiger partial charge in [0, 0.05) is 38.4 Å². The van der Waals surface area contributed by atoms with Crippen molar-refractivity contribution in [3.8, 4) is 11.5 Å². The van der Waals surface area contributed by atoms with Crippen LogP contribution in [0.4, 0.5) is 0 Å². The van der Waals surface area contributed by atoms with E-state index in [1.165, 1.54) is 0 Å². The van der Waals surface area contributed by atoms with E-state index in [9.17, 15) is 0 Å². The molecule has 1 aliphatic rings. The maximum absolute atomic E-state index is 5.75. The first-order valence-electron chi connectivity index (χ1n) is 9.23. The molecule has 0 atom stereocenters. The molecule has 26 heavy (non-hydrogen) atoms. The zero-order chi connectivity index (χ0) is 18.0. The molecule has 2 aromatic rings. The van der Waals surface area contributed by atoms with E-state index in [4.69, 9.17) is 9.47 Å². The average Bonchev–Trinajstić information content (AvgIpc) is 3.06. The molecule has 1 aromatic carbocycles. The minimum atomic E-state index is 0.588. The standard InChI is InChI=1S/C19H27N5O2/c1-2-20-19(21-8-3-10-24-11-4-9-23-24)22-15-16-6-7-17-18(14-16)26-13-5-12-25-17/h4,6-7,9,11,14H,2-3,5,8,10,12-13,15H2,1H3,(H2,20,21,22). The first-order valence-corrected chi connectivity index (χ1v) is 9.23.